The van der Waals surface area contributed by atoms with Gasteiger partial charge in [-0.2, -0.15) is 0 Å². The van der Waals surface area contributed by atoms with Crippen molar-refractivity contribution in [3.05, 3.63) is 34.9 Å². The van der Waals surface area contributed by atoms with Gasteiger partial charge in [0, 0.05) is 18.7 Å². The third kappa shape index (κ3) is 3.02. The predicted octanol–water partition coefficient (Wildman–Crippen LogP) is 2.86. The number of hydrogen-bond acceptors (Lipinski definition) is 6. The summed E-state index contributed by atoms with van der Waals surface area (Å²) in [7, 11) is 0. The van der Waals surface area contributed by atoms with E-state index in [2.05, 4.69) is 10.1 Å². The minimum Gasteiger partial charge on any atom is -0.466 e. The quantitative estimate of drug-likeness (QED) is 0.766. The van der Waals surface area contributed by atoms with Crippen molar-refractivity contribution in [2.45, 2.75) is 27.7 Å². The number of aryl methyl sites for hydroxylation is 3. The van der Waals surface area contributed by atoms with Crippen LogP contribution in [0, 0.1) is 20.8 Å². The third-order valence-corrected chi connectivity index (χ3v) is 4.20. The first-order chi connectivity index (χ1) is 12.0. The molecule has 25 heavy (non-hydrogen) atoms. The molecular formula is C18H21N3O4. The number of aliphatic hydroxyl groups excluding tert-OH is 1. The molecule has 0 fully saturated rings. The van der Waals surface area contributed by atoms with Crippen LogP contribution in [0.5, 0.6) is 0 Å². The highest BCUT2D eigenvalue weighted by Gasteiger charge is 2.23. The number of carbonyl (C=O) groups excluding carboxylic acids is 1. The zero-order valence-electron chi connectivity index (χ0n) is 14.8. The normalized spacial score (nSPS) is 11.2. The lowest BCUT2D eigenvalue weighted by atomic mass is 10.0. The van der Waals surface area contributed by atoms with Gasteiger partial charge in [-0.05, 0) is 39.8 Å². The zero-order valence-corrected chi connectivity index (χ0v) is 14.8. The molecule has 132 valence electrons. The summed E-state index contributed by atoms with van der Waals surface area (Å²) < 4.78 is 10.9. The highest BCUT2D eigenvalue weighted by atomic mass is 16.5. The molecule has 0 bridgehead atoms. The minimum absolute atomic E-state index is 0.0939. The second-order valence-corrected chi connectivity index (χ2v) is 5.94. The highest BCUT2D eigenvalue weighted by molar-refractivity contribution is 6.07. The van der Waals surface area contributed by atoms with Gasteiger partial charge >= 0.3 is 0 Å². The Kier molecular flexibility index (Phi) is 4.59. The van der Waals surface area contributed by atoms with Crippen molar-refractivity contribution in [2.75, 3.05) is 19.7 Å². The maximum Gasteiger partial charge on any atom is 0.259 e. The molecule has 1 amide bonds. The zero-order chi connectivity index (χ0) is 18.1. The van der Waals surface area contributed by atoms with Crippen LogP contribution in [0.4, 0.5) is 0 Å². The molecule has 3 aromatic rings. The second-order valence-electron chi connectivity index (χ2n) is 5.94. The van der Waals surface area contributed by atoms with Gasteiger partial charge in [0.25, 0.3) is 11.6 Å². The fourth-order valence-electron chi connectivity index (χ4n) is 2.98. The average Bonchev–Trinajstić information content (AvgIpc) is 3.13. The van der Waals surface area contributed by atoms with Crippen molar-refractivity contribution in [1.29, 1.82) is 0 Å². The van der Waals surface area contributed by atoms with Crippen LogP contribution in [-0.4, -0.2) is 45.8 Å². The molecule has 0 aliphatic heterocycles. The predicted molar refractivity (Wildman–Crippen MR) is 92.4 cm³/mol. The topological polar surface area (TPSA) is 92.6 Å². The van der Waals surface area contributed by atoms with E-state index in [9.17, 15) is 9.90 Å². The van der Waals surface area contributed by atoms with Crippen LogP contribution in [0.3, 0.4) is 0 Å². The van der Waals surface area contributed by atoms with Crippen molar-refractivity contribution in [1.82, 2.24) is 15.0 Å². The van der Waals surface area contributed by atoms with Gasteiger partial charge in [-0.3, -0.25) is 4.79 Å². The lowest BCUT2D eigenvalue weighted by Gasteiger charge is -2.20. The Morgan fingerprint density at radius 3 is 2.64 bits per heavy atom. The number of likely N-dealkylation sites (N-methyl/N-ethyl adjacent to an activating group) is 1. The first-order valence-electron chi connectivity index (χ1n) is 8.20. The summed E-state index contributed by atoms with van der Waals surface area (Å²) in [6.45, 7) is 8.03. The number of fused-ring (bicyclic) bond motifs is 1. The molecule has 0 saturated carbocycles. The Labute approximate surface area is 145 Å². The molecule has 0 radical (unpaired) electrons. The first-order valence-corrected chi connectivity index (χ1v) is 8.20. The number of nitrogens with zero attached hydrogens (tertiary/aromatic N) is 3. The molecule has 3 rings (SSSR count). The minimum atomic E-state index is -0.186. The monoisotopic (exact) mass is 343 g/mol. The van der Waals surface area contributed by atoms with E-state index < -0.39 is 0 Å². The summed E-state index contributed by atoms with van der Waals surface area (Å²) in [5.41, 5.74) is 2.80. The summed E-state index contributed by atoms with van der Waals surface area (Å²) in [4.78, 5) is 19.1. The largest absolute Gasteiger partial charge is 0.466 e. The van der Waals surface area contributed by atoms with Gasteiger partial charge in [-0.25, -0.2) is 4.98 Å². The molecule has 0 spiro atoms. The molecule has 7 heteroatoms. The van der Waals surface area contributed by atoms with Gasteiger partial charge in [0.2, 0.25) is 0 Å². The van der Waals surface area contributed by atoms with E-state index >= 15 is 0 Å². The van der Waals surface area contributed by atoms with Crippen LogP contribution in [0.2, 0.25) is 0 Å². The Morgan fingerprint density at radius 1 is 1.28 bits per heavy atom. The Hall–Kier alpha value is -2.67. The number of rotatable bonds is 5. The van der Waals surface area contributed by atoms with Gasteiger partial charge in [-0.15, -0.1) is 0 Å². The Bertz CT molecular complexity index is 926. The van der Waals surface area contributed by atoms with Crippen molar-refractivity contribution in [2.24, 2.45) is 0 Å². The molecule has 1 N–H and O–H groups in total. The second kappa shape index (κ2) is 6.68. The van der Waals surface area contributed by atoms with Gasteiger partial charge in [0.1, 0.15) is 11.5 Å². The van der Waals surface area contributed by atoms with Crippen LogP contribution in [0.15, 0.2) is 21.1 Å². The molecule has 7 nitrogen and oxygen atoms in total. The smallest absolute Gasteiger partial charge is 0.259 e. The van der Waals surface area contributed by atoms with E-state index in [-0.39, 0.29) is 19.1 Å². The fourth-order valence-corrected chi connectivity index (χ4v) is 2.98. The summed E-state index contributed by atoms with van der Waals surface area (Å²) in [6.07, 6.45) is 0. The Morgan fingerprint density at radius 2 is 2.04 bits per heavy atom. The van der Waals surface area contributed by atoms with E-state index in [0.717, 1.165) is 17.1 Å². The average molecular weight is 343 g/mol. The van der Waals surface area contributed by atoms with E-state index in [1.807, 2.05) is 26.8 Å². The van der Waals surface area contributed by atoms with E-state index in [0.29, 0.717) is 34.6 Å². The number of hydrogen-bond donors (Lipinski definition) is 1. The maximum atomic E-state index is 13.0. The Balaban J connectivity index is 2.20. The maximum absolute atomic E-state index is 13.0. The number of furan rings is 1. The highest BCUT2D eigenvalue weighted by Crippen LogP contribution is 2.31. The van der Waals surface area contributed by atoms with E-state index in [1.165, 1.54) is 0 Å². The number of amides is 1. The molecule has 0 aromatic carbocycles. The van der Waals surface area contributed by atoms with Crippen LogP contribution in [0.1, 0.15) is 34.5 Å². The van der Waals surface area contributed by atoms with Crippen molar-refractivity contribution in [3.63, 3.8) is 0 Å². The summed E-state index contributed by atoms with van der Waals surface area (Å²) in [5.74, 6) is 1.31. The number of aliphatic hydroxyl groups is 1. The number of aromatic nitrogens is 2. The van der Waals surface area contributed by atoms with Crippen LogP contribution in [-0.2, 0) is 0 Å². The lowest BCUT2D eigenvalue weighted by Crippen LogP contribution is -2.33. The van der Waals surface area contributed by atoms with E-state index in [1.54, 1.807) is 17.9 Å². The summed E-state index contributed by atoms with van der Waals surface area (Å²) >= 11 is 0. The first kappa shape index (κ1) is 17.2. The fraction of sp³-hybridized carbons (Fsp3) is 0.389. The molecule has 3 aromatic heterocycles. The molecule has 3 heterocycles. The third-order valence-electron chi connectivity index (χ3n) is 4.20. The summed E-state index contributed by atoms with van der Waals surface area (Å²) in [5, 5.41) is 13.8. The molecule has 0 unspecified atom stereocenters. The van der Waals surface area contributed by atoms with Crippen molar-refractivity contribution >= 4 is 17.0 Å². The SMILES string of the molecule is CCN(CCO)C(=O)c1cc(-c2cc(C)oc2C)nc2onc(C)c12. The van der Waals surface area contributed by atoms with Crippen molar-refractivity contribution in [3.8, 4) is 11.3 Å². The van der Waals surface area contributed by atoms with Crippen LogP contribution >= 0.6 is 0 Å². The van der Waals surface area contributed by atoms with Crippen LogP contribution in [0.25, 0.3) is 22.4 Å². The van der Waals surface area contributed by atoms with Gasteiger partial charge < -0.3 is 18.9 Å². The summed E-state index contributed by atoms with van der Waals surface area (Å²) in [6, 6.07) is 3.62. The van der Waals surface area contributed by atoms with Crippen LogP contribution < -0.4 is 0 Å². The molecular weight excluding hydrogens is 322 g/mol. The molecule has 0 saturated heterocycles. The molecule has 0 aliphatic carbocycles. The van der Waals surface area contributed by atoms with Crippen molar-refractivity contribution < 1.29 is 18.8 Å². The number of carbonyl (C=O) groups is 1. The molecule has 0 aliphatic rings. The standard InChI is InChI=1S/C18H21N3O4/c1-5-21(6-7-22)18(23)14-9-15(13-8-10(2)24-12(13)4)19-17-16(14)11(3)20-25-17/h8-9,22H,5-7H2,1-4H3. The van der Waals surface area contributed by atoms with Gasteiger partial charge in [0.05, 0.1) is 28.9 Å². The lowest BCUT2D eigenvalue weighted by molar-refractivity contribution is 0.0734. The van der Waals surface area contributed by atoms with E-state index in [4.69, 9.17) is 8.94 Å². The van der Waals surface area contributed by atoms with Gasteiger partial charge in [-0.1, -0.05) is 5.16 Å². The molecule has 0 atom stereocenters. The van der Waals surface area contributed by atoms with Gasteiger partial charge in [0.15, 0.2) is 0 Å². The number of pyridine rings is 1.